The van der Waals surface area contributed by atoms with Crippen molar-refractivity contribution in [3.8, 4) is 17.2 Å². The Balaban J connectivity index is 2.16. The lowest BCUT2D eigenvalue weighted by Crippen LogP contribution is -2.41. The van der Waals surface area contributed by atoms with Gasteiger partial charge in [0.05, 0.1) is 6.10 Å². The first-order valence-corrected chi connectivity index (χ1v) is 11.1. The Kier molecular flexibility index (Phi) is 9.31. The van der Waals surface area contributed by atoms with Gasteiger partial charge in [0.2, 0.25) is 34.8 Å². The molecule has 1 unspecified atom stereocenters. The highest BCUT2D eigenvalue weighted by atomic mass is 31.1. The minimum absolute atomic E-state index is 0.00395. The number of esters is 1. The Hall–Kier alpha value is -2.82. The van der Waals surface area contributed by atoms with Crippen molar-refractivity contribution in [1.82, 2.24) is 5.01 Å². The van der Waals surface area contributed by atoms with Crippen LogP contribution in [0.15, 0.2) is 29.1 Å². The molecular formula is C21H22F5N2O5P. The molecule has 7 nitrogen and oxygen atoms in total. The van der Waals surface area contributed by atoms with Gasteiger partial charge < -0.3 is 14.4 Å². The smallest absolute Gasteiger partial charge is 0.412 e. The minimum atomic E-state index is -2.70. The second kappa shape index (κ2) is 11.5. The van der Waals surface area contributed by atoms with Gasteiger partial charge in [0, 0.05) is 10.9 Å². The average molecular weight is 508 g/mol. The second-order valence-electron chi connectivity index (χ2n) is 7.53. The number of carbonyl (C=O) groups excluding carboxylic acids is 1. The molecule has 0 aliphatic rings. The van der Waals surface area contributed by atoms with E-state index in [0.29, 0.717) is 0 Å². The van der Waals surface area contributed by atoms with Gasteiger partial charge in [-0.1, -0.05) is 0 Å². The molecule has 13 heteroatoms. The summed E-state index contributed by atoms with van der Waals surface area (Å²) in [5.74, 6) is -13.2. The van der Waals surface area contributed by atoms with Crippen molar-refractivity contribution in [1.29, 1.82) is 0 Å². The first kappa shape index (κ1) is 27.4. The van der Waals surface area contributed by atoms with Crippen LogP contribution in [0, 0.1) is 29.1 Å². The van der Waals surface area contributed by atoms with E-state index >= 15 is 0 Å². The lowest BCUT2D eigenvalue weighted by Gasteiger charge is -2.24. The van der Waals surface area contributed by atoms with Crippen molar-refractivity contribution < 1.29 is 45.6 Å². The van der Waals surface area contributed by atoms with Crippen molar-refractivity contribution in [3.63, 3.8) is 0 Å². The van der Waals surface area contributed by atoms with Crippen LogP contribution in [0.2, 0.25) is 0 Å². The molecule has 0 saturated carbocycles. The fraction of sp³-hybridized carbons (Fsp3) is 0.381. The van der Waals surface area contributed by atoms with Crippen LogP contribution in [0.1, 0.15) is 34.6 Å². The van der Waals surface area contributed by atoms with Crippen molar-refractivity contribution in [2.24, 2.45) is 4.85 Å². The standard InChI is InChI=1S/C21H22F5N2O5P/c1-10(2)28(12(5)21(29)31-11(3)4)27-34(30)33-14-8-6-13(7-9-14)32-20-18(25)16(23)15(22)17(24)19(20)26/h6-12H,1-5H3/t12-/m0/s1. The summed E-state index contributed by atoms with van der Waals surface area (Å²) in [5.41, 5.74) is 0. The van der Waals surface area contributed by atoms with Crippen LogP contribution in [-0.4, -0.2) is 29.2 Å². The molecule has 2 rings (SSSR count). The average Bonchev–Trinajstić information content (AvgIpc) is 2.77. The Morgan fingerprint density at radius 3 is 1.82 bits per heavy atom. The van der Waals surface area contributed by atoms with Crippen molar-refractivity contribution in [2.75, 3.05) is 0 Å². The van der Waals surface area contributed by atoms with E-state index in [2.05, 4.69) is 4.85 Å². The minimum Gasteiger partial charge on any atom is -0.574 e. The predicted octanol–water partition coefficient (Wildman–Crippen LogP) is 5.37. The van der Waals surface area contributed by atoms with Gasteiger partial charge in [-0.05, 0) is 58.9 Å². The van der Waals surface area contributed by atoms with Gasteiger partial charge in [-0.2, -0.15) is 8.78 Å². The van der Waals surface area contributed by atoms with Gasteiger partial charge in [0.25, 0.3) is 0 Å². The summed E-state index contributed by atoms with van der Waals surface area (Å²) in [7, 11) is -2.70. The molecule has 2 aromatic carbocycles. The lowest BCUT2D eigenvalue weighted by atomic mass is 10.2. The van der Waals surface area contributed by atoms with E-state index in [1.54, 1.807) is 27.7 Å². The summed E-state index contributed by atoms with van der Waals surface area (Å²) in [6.07, 6.45) is -0.348. The normalized spacial score (nSPS) is 12.9. The van der Waals surface area contributed by atoms with Crippen LogP contribution < -0.4 is 14.2 Å². The first-order valence-electron chi connectivity index (χ1n) is 9.98. The number of benzene rings is 2. The molecule has 0 amide bonds. The molecule has 0 aromatic heterocycles. The molecule has 0 aliphatic carbocycles. The predicted molar refractivity (Wildman–Crippen MR) is 110 cm³/mol. The van der Waals surface area contributed by atoms with Crippen LogP contribution in [0.4, 0.5) is 22.0 Å². The molecule has 0 fully saturated rings. The second-order valence-corrected chi connectivity index (χ2v) is 8.36. The number of halogens is 5. The zero-order valence-corrected chi connectivity index (χ0v) is 19.7. The summed E-state index contributed by atoms with van der Waals surface area (Å²) in [6, 6.07) is 3.38. The van der Waals surface area contributed by atoms with Crippen LogP contribution >= 0.6 is 8.17 Å². The summed E-state index contributed by atoms with van der Waals surface area (Å²) < 4.78 is 82.4. The van der Waals surface area contributed by atoms with Crippen molar-refractivity contribution in [2.45, 2.75) is 52.8 Å². The quantitative estimate of drug-likeness (QED) is 0.113. The summed E-state index contributed by atoms with van der Waals surface area (Å²) in [6.45, 7) is 8.34. The van der Waals surface area contributed by atoms with Crippen LogP contribution in [-0.2, 0) is 9.53 Å². The van der Waals surface area contributed by atoms with Crippen molar-refractivity contribution in [3.05, 3.63) is 53.4 Å². The Morgan fingerprint density at radius 2 is 1.35 bits per heavy atom. The van der Waals surface area contributed by atoms with Crippen molar-refractivity contribution >= 4 is 14.1 Å². The molecule has 2 atom stereocenters. The molecule has 34 heavy (non-hydrogen) atoms. The third-order valence-corrected chi connectivity index (χ3v) is 4.91. The Morgan fingerprint density at radius 1 is 0.882 bits per heavy atom. The van der Waals surface area contributed by atoms with E-state index in [9.17, 15) is 31.6 Å². The summed E-state index contributed by atoms with van der Waals surface area (Å²) >= 11 is 0. The van der Waals surface area contributed by atoms with Gasteiger partial charge in [0.15, 0.2) is 5.75 Å². The number of ether oxygens (including phenoxy) is 2. The molecule has 2 aromatic rings. The van der Waals surface area contributed by atoms with E-state index < -0.39 is 55.0 Å². The molecule has 0 radical (unpaired) electrons. The molecule has 0 N–H and O–H groups in total. The number of hydrogen-bond acceptors (Lipinski definition) is 6. The van der Waals surface area contributed by atoms with E-state index in [-0.39, 0.29) is 23.6 Å². The third kappa shape index (κ3) is 6.62. The van der Waals surface area contributed by atoms with E-state index in [1.807, 2.05) is 0 Å². The number of nitrogens with zero attached hydrogens (tertiary/aromatic N) is 2. The van der Waals surface area contributed by atoms with E-state index in [1.165, 1.54) is 24.1 Å². The number of rotatable bonds is 9. The molecule has 186 valence electrons. The maximum atomic E-state index is 13.8. The molecule has 0 spiro atoms. The largest absolute Gasteiger partial charge is 0.574 e. The van der Waals surface area contributed by atoms with Gasteiger partial charge in [0.1, 0.15) is 11.8 Å². The van der Waals surface area contributed by atoms with Gasteiger partial charge in [-0.15, -0.1) is 5.01 Å². The van der Waals surface area contributed by atoms with E-state index in [0.717, 1.165) is 12.1 Å². The number of carbonyl (C=O) groups is 1. The van der Waals surface area contributed by atoms with Crippen LogP contribution in [0.5, 0.6) is 17.2 Å². The SMILES string of the molecule is CC(C)OC(=O)[C@H](C)N(/N=[P+](\[O-])Oc1ccc(Oc2c(F)c(F)c(F)c(F)c2F)cc1)C(C)C. The van der Waals surface area contributed by atoms with Crippen LogP contribution in [0.25, 0.3) is 0 Å². The van der Waals surface area contributed by atoms with Gasteiger partial charge in [-0.3, -0.25) is 9.32 Å². The molecule has 0 bridgehead atoms. The van der Waals surface area contributed by atoms with Crippen LogP contribution in [0.3, 0.4) is 0 Å². The first-order chi connectivity index (χ1) is 15.8. The molecular weight excluding hydrogens is 486 g/mol. The molecule has 0 heterocycles. The maximum absolute atomic E-state index is 13.8. The molecule has 0 saturated heterocycles. The monoisotopic (exact) mass is 508 g/mol. The summed E-state index contributed by atoms with van der Waals surface area (Å²) in [4.78, 5) is 28.4. The topological polar surface area (TPSA) is 83.4 Å². The highest BCUT2D eigenvalue weighted by Crippen LogP contribution is 2.34. The van der Waals surface area contributed by atoms with Gasteiger partial charge in [-0.25, -0.2) is 13.2 Å². The van der Waals surface area contributed by atoms with E-state index in [4.69, 9.17) is 14.0 Å². The highest BCUT2D eigenvalue weighted by Gasteiger charge is 2.29. The fourth-order valence-electron chi connectivity index (χ4n) is 2.62. The maximum Gasteiger partial charge on any atom is 0.412 e. The highest BCUT2D eigenvalue weighted by molar-refractivity contribution is 7.33. The third-order valence-electron chi connectivity index (χ3n) is 4.19. The lowest BCUT2D eigenvalue weighted by molar-refractivity contribution is -0.171. The van der Waals surface area contributed by atoms with Gasteiger partial charge >= 0.3 is 14.1 Å². The summed E-state index contributed by atoms with van der Waals surface area (Å²) in [5, 5.41) is 1.27. The Labute approximate surface area is 193 Å². The zero-order chi connectivity index (χ0) is 25.7. The number of hydrogen-bond donors (Lipinski definition) is 0. The zero-order valence-electron chi connectivity index (χ0n) is 18.8. The Bertz CT molecular complexity index is 1040. The fourth-order valence-corrected chi connectivity index (χ4v) is 3.49. The molecule has 0 aliphatic heterocycles.